The molecule has 0 aromatic carbocycles. The third kappa shape index (κ3) is 3.63. The molecule has 0 N–H and O–H groups in total. The van der Waals surface area contributed by atoms with Gasteiger partial charge in [0.15, 0.2) is 10.9 Å². The highest BCUT2D eigenvalue weighted by molar-refractivity contribution is 14.1. The Kier molecular flexibility index (Phi) is 4.70. The maximum Gasteiger partial charge on any atom is 0.434 e. The zero-order valence-corrected chi connectivity index (χ0v) is 12.0. The highest BCUT2D eigenvalue weighted by Gasteiger charge is 2.37. The van der Waals surface area contributed by atoms with E-state index in [0.29, 0.717) is 0 Å². The summed E-state index contributed by atoms with van der Waals surface area (Å²) in [6.07, 6.45) is -4.50. The quantitative estimate of drug-likeness (QED) is 0.331. The third-order valence-electron chi connectivity index (χ3n) is 1.40. The van der Waals surface area contributed by atoms with Gasteiger partial charge in [0, 0.05) is 5.25 Å². The summed E-state index contributed by atoms with van der Waals surface area (Å²) in [5, 5.41) is -0.0176. The molecule has 0 radical (unpaired) electrons. The van der Waals surface area contributed by atoms with Gasteiger partial charge in [-0.3, -0.25) is 0 Å². The Morgan fingerprint density at radius 1 is 1.31 bits per heavy atom. The van der Waals surface area contributed by atoms with Crippen molar-refractivity contribution in [2.45, 2.75) is 30.4 Å². The first kappa shape index (κ1) is 14.3. The zero-order valence-electron chi connectivity index (χ0n) is 8.27. The van der Waals surface area contributed by atoms with Gasteiger partial charge in [-0.2, -0.15) is 13.2 Å². The van der Waals surface area contributed by atoms with Crippen LogP contribution in [0.15, 0.2) is 5.16 Å². The van der Waals surface area contributed by atoms with Gasteiger partial charge in [-0.1, -0.05) is 37.2 Å². The molecule has 0 saturated heterocycles. The molecule has 0 saturated carbocycles. The first-order chi connectivity index (χ1) is 7.21. The molecular formula is C8H7ClF3IN2S. The number of nitrogens with zero attached hydrogens (tertiary/aromatic N) is 2. The largest absolute Gasteiger partial charge is 0.434 e. The van der Waals surface area contributed by atoms with Crippen molar-refractivity contribution >= 4 is 46.0 Å². The van der Waals surface area contributed by atoms with Gasteiger partial charge < -0.3 is 0 Å². The molecule has 0 amide bonds. The molecule has 90 valence electrons. The summed E-state index contributed by atoms with van der Waals surface area (Å²) in [6.45, 7) is 3.68. The number of hydrogen-bond acceptors (Lipinski definition) is 3. The second-order valence-corrected chi connectivity index (χ2v) is 6.10. The van der Waals surface area contributed by atoms with E-state index < -0.39 is 11.9 Å². The van der Waals surface area contributed by atoms with Crippen LogP contribution >= 0.6 is 46.0 Å². The molecule has 16 heavy (non-hydrogen) atoms. The fourth-order valence-corrected chi connectivity index (χ4v) is 2.33. The lowest BCUT2D eigenvalue weighted by Crippen LogP contribution is -2.13. The molecule has 0 aliphatic rings. The zero-order chi connectivity index (χ0) is 12.5. The maximum atomic E-state index is 12.6. The topological polar surface area (TPSA) is 25.8 Å². The van der Waals surface area contributed by atoms with Crippen LogP contribution in [0.4, 0.5) is 13.2 Å². The molecule has 0 spiro atoms. The predicted molar refractivity (Wildman–Crippen MR) is 65.8 cm³/mol. The van der Waals surface area contributed by atoms with Crippen LogP contribution in [0.3, 0.4) is 0 Å². The molecule has 0 bridgehead atoms. The van der Waals surface area contributed by atoms with Gasteiger partial charge in [0.05, 0.1) is 3.57 Å². The Bertz CT molecular complexity index is 398. The van der Waals surface area contributed by atoms with Gasteiger partial charge >= 0.3 is 6.18 Å². The molecule has 0 atom stereocenters. The number of aromatic nitrogens is 2. The van der Waals surface area contributed by atoms with Crippen molar-refractivity contribution < 1.29 is 13.2 Å². The van der Waals surface area contributed by atoms with Crippen molar-refractivity contribution in [3.05, 3.63) is 14.4 Å². The minimum absolute atomic E-state index is 0.0488. The van der Waals surface area contributed by atoms with E-state index in [1.54, 1.807) is 0 Å². The van der Waals surface area contributed by atoms with Gasteiger partial charge in [-0.25, -0.2) is 9.97 Å². The predicted octanol–water partition coefficient (Wildman–Crippen LogP) is 4.25. The summed E-state index contributed by atoms with van der Waals surface area (Å²) in [5.41, 5.74) is -0.976. The van der Waals surface area contributed by atoms with Crippen LogP contribution < -0.4 is 0 Å². The summed E-state index contributed by atoms with van der Waals surface area (Å²) in [4.78, 5) is 7.28. The lowest BCUT2D eigenvalue weighted by Gasteiger charge is -2.11. The van der Waals surface area contributed by atoms with Gasteiger partial charge in [0.25, 0.3) is 0 Å². The standard InChI is InChI=1S/C8H7ClF3IN2S/c1-3(2)16-7-14-5(8(10,11)12)4(13)6(9)15-7/h3H,1-2H3. The second-order valence-electron chi connectivity index (χ2n) is 3.12. The van der Waals surface area contributed by atoms with Crippen molar-refractivity contribution in [3.8, 4) is 0 Å². The van der Waals surface area contributed by atoms with Crippen LogP contribution in [0, 0.1) is 3.57 Å². The highest BCUT2D eigenvalue weighted by atomic mass is 127. The number of thioether (sulfide) groups is 1. The van der Waals surface area contributed by atoms with Crippen molar-refractivity contribution in [1.29, 1.82) is 0 Å². The fraction of sp³-hybridized carbons (Fsp3) is 0.500. The molecule has 0 aliphatic heterocycles. The van der Waals surface area contributed by atoms with Crippen molar-refractivity contribution in [2.24, 2.45) is 0 Å². The smallest absolute Gasteiger partial charge is 0.217 e. The molecule has 1 aromatic rings. The monoisotopic (exact) mass is 382 g/mol. The minimum atomic E-state index is -4.50. The summed E-state index contributed by atoms with van der Waals surface area (Å²) in [7, 11) is 0. The van der Waals surface area contributed by atoms with E-state index in [1.807, 2.05) is 13.8 Å². The molecule has 1 rings (SSSR count). The van der Waals surface area contributed by atoms with Gasteiger partial charge in [0.1, 0.15) is 5.15 Å². The lowest BCUT2D eigenvalue weighted by atomic mass is 10.4. The molecular weight excluding hydrogens is 376 g/mol. The number of halogens is 5. The molecule has 2 nitrogen and oxygen atoms in total. The van der Waals surface area contributed by atoms with E-state index in [-0.39, 0.29) is 19.1 Å². The molecule has 1 aromatic heterocycles. The van der Waals surface area contributed by atoms with Crippen LogP contribution in [-0.4, -0.2) is 15.2 Å². The molecule has 1 heterocycles. The maximum absolute atomic E-state index is 12.6. The Labute approximate surface area is 114 Å². The van der Waals surface area contributed by atoms with Crippen molar-refractivity contribution in [3.63, 3.8) is 0 Å². The van der Waals surface area contributed by atoms with Crippen LogP contribution in [0.5, 0.6) is 0 Å². The van der Waals surface area contributed by atoms with Crippen LogP contribution in [0.25, 0.3) is 0 Å². The van der Waals surface area contributed by atoms with E-state index in [4.69, 9.17) is 11.6 Å². The SMILES string of the molecule is CC(C)Sc1nc(Cl)c(I)c(C(F)(F)F)n1. The van der Waals surface area contributed by atoms with Crippen LogP contribution in [0.2, 0.25) is 5.15 Å². The molecule has 0 unspecified atom stereocenters. The second kappa shape index (κ2) is 5.26. The molecule has 8 heteroatoms. The van der Waals surface area contributed by atoms with Crippen molar-refractivity contribution in [2.75, 3.05) is 0 Å². The fourth-order valence-electron chi connectivity index (χ4n) is 0.852. The van der Waals surface area contributed by atoms with Crippen LogP contribution in [-0.2, 0) is 6.18 Å². The number of rotatable bonds is 2. The summed E-state index contributed by atoms with van der Waals surface area (Å²) >= 11 is 8.27. The summed E-state index contributed by atoms with van der Waals surface area (Å²) in [6, 6.07) is 0. The lowest BCUT2D eigenvalue weighted by molar-refractivity contribution is -0.142. The van der Waals surface area contributed by atoms with Crippen molar-refractivity contribution in [1.82, 2.24) is 9.97 Å². The highest BCUT2D eigenvalue weighted by Crippen LogP contribution is 2.35. The van der Waals surface area contributed by atoms with E-state index >= 15 is 0 Å². The Balaban J connectivity index is 3.23. The average molecular weight is 383 g/mol. The first-order valence-corrected chi connectivity index (χ1v) is 6.52. The van der Waals surface area contributed by atoms with Gasteiger partial charge in [-0.15, -0.1) is 0 Å². The Morgan fingerprint density at radius 2 is 1.88 bits per heavy atom. The first-order valence-electron chi connectivity index (χ1n) is 4.18. The Hall–Kier alpha value is 0.240. The van der Waals surface area contributed by atoms with Gasteiger partial charge in [0.2, 0.25) is 0 Å². The van der Waals surface area contributed by atoms with E-state index in [1.165, 1.54) is 22.6 Å². The molecule has 0 fully saturated rings. The summed E-state index contributed by atoms with van der Waals surface area (Å²) < 4.78 is 37.6. The van der Waals surface area contributed by atoms with E-state index in [9.17, 15) is 13.2 Å². The minimum Gasteiger partial charge on any atom is -0.217 e. The molecule has 0 aliphatic carbocycles. The van der Waals surface area contributed by atoms with E-state index in [0.717, 1.165) is 11.8 Å². The number of hydrogen-bond donors (Lipinski definition) is 0. The van der Waals surface area contributed by atoms with Gasteiger partial charge in [-0.05, 0) is 22.6 Å². The normalized spacial score (nSPS) is 12.2. The summed E-state index contributed by atoms with van der Waals surface area (Å²) in [5.74, 6) is 0. The average Bonchev–Trinajstić information content (AvgIpc) is 2.08. The Morgan fingerprint density at radius 3 is 2.31 bits per heavy atom. The van der Waals surface area contributed by atoms with E-state index in [2.05, 4.69) is 9.97 Å². The third-order valence-corrected chi connectivity index (χ3v) is 3.88. The number of alkyl halides is 3. The van der Waals surface area contributed by atoms with Crippen LogP contribution in [0.1, 0.15) is 19.5 Å².